The van der Waals surface area contributed by atoms with Crippen molar-refractivity contribution in [2.24, 2.45) is 11.8 Å². The minimum atomic E-state index is -0.917. The molecule has 0 bridgehead atoms. The van der Waals surface area contributed by atoms with Gasteiger partial charge < -0.3 is 19.5 Å². The van der Waals surface area contributed by atoms with E-state index in [0.29, 0.717) is 29.0 Å². The first kappa shape index (κ1) is 22.6. The molecular formula is C24H29NO6. The number of Topliss-reactive ketones (excluding diaryl/α,β-unsaturated/α-hetero) is 1. The number of nitrogens with one attached hydrogen (secondary N) is 1. The van der Waals surface area contributed by atoms with Crippen molar-refractivity contribution in [3.05, 3.63) is 52.4 Å². The summed E-state index contributed by atoms with van der Waals surface area (Å²) in [6.07, 6.45) is 0.171. The lowest BCUT2D eigenvalue weighted by atomic mass is 9.69. The van der Waals surface area contributed by atoms with Crippen LogP contribution in [0.1, 0.15) is 45.6 Å². The number of hydrogen-bond donors (Lipinski definition) is 1. The van der Waals surface area contributed by atoms with Crippen LogP contribution in [0.2, 0.25) is 0 Å². The molecule has 166 valence electrons. The summed E-state index contributed by atoms with van der Waals surface area (Å²) < 4.78 is 15.8. The Bertz CT molecular complexity index is 974. The van der Waals surface area contributed by atoms with Gasteiger partial charge in [0.1, 0.15) is 11.7 Å². The van der Waals surface area contributed by atoms with Crippen LogP contribution in [-0.4, -0.2) is 38.0 Å². The second-order valence-electron chi connectivity index (χ2n) is 8.27. The zero-order valence-corrected chi connectivity index (χ0v) is 18.8. The van der Waals surface area contributed by atoms with Gasteiger partial charge in [-0.25, -0.2) is 4.79 Å². The SMILES string of the molecule is COC(=O)[C@H]1C(=O)C2=C(C[C@H]1C)NC(C)=C(C(=O)OC(C)C)[C@H]2c1cccc(OC)c1. The van der Waals surface area contributed by atoms with Gasteiger partial charge in [0.2, 0.25) is 0 Å². The topological polar surface area (TPSA) is 90.9 Å². The van der Waals surface area contributed by atoms with Crippen LogP contribution in [0.25, 0.3) is 0 Å². The summed E-state index contributed by atoms with van der Waals surface area (Å²) in [5.74, 6) is -2.61. The molecule has 1 N–H and O–H groups in total. The summed E-state index contributed by atoms with van der Waals surface area (Å²) in [7, 11) is 2.84. The zero-order valence-electron chi connectivity index (χ0n) is 18.8. The van der Waals surface area contributed by atoms with Crippen LogP contribution in [0.15, 0.2) is 46.8 Å². The van der Waals surface area contributed by atoms with E-state index < -0.39 is 23.8 Å². The third-order valence-electron chi connectivity index (χ3n) is 5.73. The molecule has 3 rings (SSSR count). The maximum Gasteiger partial charge on any atom is 0.337 e. The van der Waals surface area contributed by atoms with E-state index in [4.69, 9.17) is 14.2 Å². The number of benzene rings is 1. The first-order valence-corrected chi connectivity index (χ1v) is 10.4. The highest BCUT2D eigenvalue weighted by molar-refractivity contribution is 6.12. The van der Waals surface area contributed by atoms with Crippen molar-refractivity contribution in [2.45, 2.75) is 46.1 Å². The van der Waals surface area contributed by atoms with Crippen molar-refractivity contribution in [3.8, 4) is 5.75 Å². The van der Waals surface area contributed by atoms with Gasteiger partial charge in [-0.2, -0.15) is 0 Å². The summed E-state index contributed by atoms with van der Waals surface area (Å²) in [5, 5.41) is 3.24. The maximum absolute atomic E-state index is 13.6. The first-order valence-electron chi connectivity index (χ1n) is 10.4. The summed E-state index contributed by atoms with van der Waals surface area (Å²) >= 11 is 0. The summed E-state index contributed by atoms with van der Waals surface area (Å²) in [6.45, 7) is 7.20. The number of methoxy groups -OCH3 is 2. The number of esters is 2. The molecule has 7 nitrogen and oxygen atoms in total. The van der Waals surface area contributed by atoms with E-state index in [1.165, 1.54) is 7.11 Å². The molecule has 1 aliphatic carbocycles. The average molecular weight is 427 g/mol. The fourth-order valence-electron chi connectivity index (χ4n) is 4.38. The predicted molar refractivity (Wildman–Crippen MR) is 114 cm³/mol. The number of carbonyl (C=O) groups excluding carboxylic acids is 3. The third-order valence-corrected chi connectivity index (χ3v) is 5.73. The van der Waals surface area contributed by atoms with Gasteiger partial charge in [0.25, 0.3) is 0 Å². The number of rotatable bonds is 5. The van der Waals surface area contributed by atoms with Gasteiger partial charge in [-0.05, 0) is 50.8 Å². The molecule has 0 unspecified atom stereocenters. The Hall–Kier alpha value is -3.09. The molecule has 1 heterocycles. The molecule has 1 aromatic rings. The van der Waals surface area contributed by atoms with E-state index in [1.54, 1.807) is 40.0 Å². The number of carbonyl (C=O) groups is 3. The smallest absolute Gasteiger partial charge is 0.337 e. The molecule has 0 saturated carbocycles. The van der Waals surface area contributed by atoms with Crippen molar-refractivity contribution in [3.63, 3.8) is 0 Å². The van der Waals surface area contributed by atoms with Crippen molar-refractivity contribution < 1.29 is 28.6 Å². The minimum Gasteiger partial charge on any atom is -0.497 e. The van der Waals surface area contributed by atoms with Gasteiger partial charge in [-0.3, -0.25) is 9.59 Å². The molecule has 0 aromatic heterocycles. The maximum atomic E-state index is 13.6. The monoisotopic (exact) mass is 427 g/mol. The molecule has 0 radical (unpaired) electrons. The van der Waals surface area contributed by atoms with Gasteiger partial charge >= 0.3 is 11.9 Å². The Morgan fingerprint density at radius 2 is 1.90 bits per heavy atom. The number of dihydropyridines is 1. The molecule has 1 aliphatic heterocycles. The quantitative estimate of drug-likeness (QED) is 0.570. The van der Waals surface area contributed by atoms with Crippen LogP contribution >= 0.6 is 0 Å². The Morgan fingerprint density at radius 1 is 1.19 bits per heavy atom. The van der Waals surface area contributed by atoms with Crippen LogP contribution < -0.4 is 10.1 Å². The molecule has 0 fully saturated rings. The second-order valence-corrected chi connectivity index (χ2v) is 8.27. The van der Waals surface area contributed by atoms with Gasteiger partial charge in [0, 0.05) is 22.9 Å². The van der Waals surface area contributed by atoms with Crippen LogP contribution in [0.5, 0.6) is 5.75 Å². The van der Waals surface area contributed by atoms with Crippen LogP contribution in [-0.2, 0) is 23.9 Å². The van der Waals surface area contributed by atoms with Crippen molar-refractivity contribution in [1.29, 1.82) is 0 Å². The largest absolute Gasteiger partial charge is 0.497 e. The van der Waals surface area contributed by atoms with E-state index in [0.717, 1.165) is 11.3 Å². The zero-order chi connectivity index (χ0) is 22.9. The molecular weight excluding hydrogens is 398 g/mol. The molecule has 0 spiro atoms. The van der Waals surface area contributed by atoms with Gasteiger partial charge in [-0.1, -0.05) is 19.1 Å². The Kier molecular flexibility index (Phi) is 6.53. The van der Waals surface area contributed by atoms with Crippen molar-refractivity contribution >= 4 is 17.7 Å². The standard InChI is InChI=1S/C24H29NO6/c1-12(2)31-24(28)19-14(4)25-17-10-13(3)18(23(27)30-6)22(26)21(17)20(19)15-8-7-9-16(11-15)29-5/h7-9,11-13,18,20,25H,10H2,1-6H3/t13-,18-,20-/m1/s1. The lowest BCUT2D eigenvalue weighted by Gasteiger charge is -2.38. The van der Waals surface area contributed by atoms with Crippen LogP contribution in [0, 0.1) is 11.8 Å². The van der Waals surface area contributed by atoms with Crippen LogP contribution in [0.4, 0.5) is 0 Å². The normalized spacial score (nSPS) is 23.3. The second kappa shape index (κ2) is 8.96. The Morgan fingerprint density at radius 3 is 2.52 bits per heavy atom. The van der Waals surface area contributed by atoms with E-state index in [9.17, 15) is 14.4 Å². The molecule has 7 heteroatoms. The van der Waals surface area contributed by atoms with Gasteiger partial charge in [0.15, 0.2) is 5.78 Å². The first-order chi connectivity index (χ1) is 14.7. The molecule has 0 saturated heterocycles. The lowest BCUT2D eigenvalue weighted by molar-refractivity contribution is -0.151. The Labute approximate surface area is 182 Å². The van der Waals surface area contributed by atoms with E-state index in [2.05, 4.69) is 5.32 Å². The number of allylic oxidation sites excluding steroid dienone is 3. The Balaban J connectivity index is 2.20. The summed E-state index contributed by atoms with van der Waals surface area (Å²) in [6, 6.07) is 7.25. The summed E-state index contributed by atoms with van der Waals surface area (Å²) in [5.41, 5.74) is 2.84. The van der Waals surface area contributed by atoms with Crippen molar-refractivity contribution in [2.75, 3.05) is 14.2 Å². The number of ketones is 1. The van der Waals surface area contributed by atoms with Crippen molar-refractivity contribution in [1.82, 2.24) is 5.32 Å². The van der Waals surface area contributed by atoms with E-state index in [-0.39, 0.29) is 17.8 Å². The van der Waals surface area contributed by atoms with Gasteiger partial charge in [-0.15, -0.1) is 0 Å². The average Bonchev–Trinajstić information content (AvgIpc) is 2.71. The molecule has 3 atom stereocenters. The molecule has 1 aromatic carbocycles. The number of ether oxygens (including phenoxy) is 3. The predicted octanol–water partition coefficient (Wildman–Crippen LogP) is 3.26. The molecule has 2 aliphatic rings. The minimum absolute atomic E-state index is 0.228. The molecule has 0 amide bonds. The molecule has 31 heavy (non-hydrogen) atoms. The van der Waals surface area contributed by atoms with E-state index >= 15 is 0 Å². The summed E-state index contributed by atoms with van der Waals surface area (Å²) in [4.78, 5) is 39.1. The highest BCUT2D eigenvalue weighted by atomic mass is 16.5. The van der Waals surface area contributed by atoms with Crippen LogP contribution in [0.3, 0.4) is 0 Å². The fraction of sp³-hybridized carbons (Fsp3) is 0.458. The van der Waals surface area contributed by atoms with Gasteiger partial charge in [0.05, 0.1) is 25.9 Å². The fourth-order valence-corrected chi connectivity index (χ4v) is 4.38. The highest BCUT2D eigenvalue weighted by Crippen LogP contribution is 2.46. The lowest BCUT2D eigenvalue weighted by Crippen LogP contribution is -2.43. The third kappa shape index (κ3) is 4.22. The number of hydrogen-bond acceptors (Lipinski definition) is 7. The highest BCUT2D eigenvalue weighted by Gasteiger charge is 2.47. The van der Waals surface area contributed by atoms with E-state index in [1.807, 2.05) is 19.1 Å².